The molecule has 3 saturated carbocycles. The molecule has 49 heavy (non-hydrogen) atoms. The fraction of sp³-hybridized carbons (Fsp3) is 0.733. The van der Waals surface area contributed by atoms with Crippen LogP contribution >= 0.6 is 0 Å². The van der Waals surface area contributed by atoms with Gasteiger partial charge in [0.05, 0.1) is 29.6 Å². The summed E-state index contributed by atoms with van der Waals surface area (Å²) in [6, 6.07) is -1.64. The lowest BCUT2D eigenvalue weighted by Gasteiger charge is -2.62. The lowest BCUT2D eigenvalue weighted by Crippen LogP contribution is -2.69. The fourth-order valence-corrected chi connectivity index (χ4v) is 8.46. The third-order valence-electron chi connectivity index (χ3n) is 11.0. The van der Waals surface area contributed by atoms with E-state index in [1.807, 2.05) is 0 Å². The Morgan fingerprint density at radius 1 is 1.10 bits per heavy atom. The first kappa shape index (κ1) is 39.0. The van der Waals surface area contributed by atoms with Crippen molar-refractivity contribution >= 4 is 23.4 Å². The Kier molecular flexibility index (Phi) is 11.8. The summed E-state index contributed by atoms with van der Waals surface area (Å²) in [6.07, 6.45) is -0.995. The van der Waals surface area contributed by atoms with Crippen molar-refractivity contribution in [3.05, 3.63) is 23.8 Å². The van der Waals surface area contributed by atoms with E-state index in [1.54, 1.807) is 6.92 Å². The van der Waals surface area contributed by atoms with Gasteiger partial charge in [0.15, 0.2) is 29.7 Å². The number of ketones is 2. The average molecular weight is 706 g/mol. The van der Waals surface area contributed by atoms with Crippen LogP contribution in [0.4, 0.5) is 4.39 Å². The van der Waals surface area contributed by atoms with E-state index >= 15 is 4.39 Å². The van der Waals surface area contributed by atoms with Crippen LogP contribution in [0.1, 0.15) is 58.8 Å². The van der Waals surface area contributed by atoms with Gasteiger partial charge < -0.3 is 30.5 Å². The van der Waals surface area contributed by atoms with Gasteiger partial charge in [0.1, 0.15) is 12.7 Å². The second-order valence-electron chi connectivity index (χ2n) is 13.5. The molecular weight excluding hydrogens is 661 g/mol. The predicted octanol–water partition coefficient (Wildman–Crippen LogP) is -0.789. The summed E-state index contributed by atoms with van der Waals surface area (Å²) in [5, 5.41) is 79.8. The SMILES string of the molecule is C[C@]12C=CC(=O)C=C1CC[C@H]1[C@@H]3C[C@@H](O)[C@](O)(C(=O)COC(=O)C(CO)NC(=O)CCCC(CON(O)O)ON(O)O)[C@@]3(C)C[C@H](O)[C@@]12F. The van der Waals surface area contributed by atoms with Crippen molar-refractivity contribution in [2.24, 2.45) is 22.7 Å². The van der Waals surface area contributed by atoms with E-state index < -0.39 is 113 Å². The highest BCUT2D eigenvalue weighted by atomic mass is 19.1. The summed E-state index contributed by atoms with van der Waals surface area (Å²) >= 11 is 0. The molecule has 0 aromatic carbocycles. The number of aliphatic hydroxyl groups is 4. The summed E-state index contributed by atoms with van der Waals surface area (Å²) in [4.78, 5) is 59.6. The van der Waals surface area contributed by atoms with Gasteiger partial charge in [-0.1, -0.05) is 18.6 Å². The second kappa shape index (κ2) is 14.8. The molecule has 3 fully saturated rings. The van der Waals surface area contributed by atoms with E-state index in [9.17, 15) is 39.6 Å². The first-order valence-corrected chi connectivity index (χ1v) is 15.8. The summed E-state index contributed by atoms with van der Waals surface area (Å²) in [6.45, 7) is 0.481. The maximum Gasteiger partial charge on any atom is 0.331 e. The normalized spacial score (nSPS) is 36.4. The first-order chi connectivity index (χ1) is 22.8. The van der Waals surface area contributed by atoms with E-state index in [1.165, 1.54) is 25.2 Å². The number of hydrogen-bond donors (Lipinski definition) is 9. The van der Waals surface area contributed by atoms with Crippen LogP contribution < -0.4 is 5.32 Å². The molecule has 18 nitrogen and oxygen atoms in total. The number of rotatable bonds is 15. The number of aliphatic hydroxyl groups excluding tert-OH is 3. The number of nitrogens with one attached hydrogen (secondary N) is 1. The van der Waals surface area contributed by atoms with Crippen molar-refractivity contribution in [1.29, 1.82) is 0 Å². The number of amides is 1. The molecule has 4 aliphatic carbocycles. The molecule has 0 aliphatic heterocycles. The molecule has 4 aliphatic rings. The van der Waals surface area contributed by atoms with Gasteiger partial charge in [-0.15, -0.1) is 0 Å². The zero-order valence-corrected chi connectivity index (χ0v) is 27.0. The molecule has 4 rings (SSSR count). The van der Waals surface area contributed by atoms with E-state index in [0.29, 0.717) is 12.0 Å². The van der Waals surface area contributed by atoms with Crippen molar-refractivity contribution in [2.75, 3.05) is 19.8 Å². The number of allylic oxidation sites excluding steroid dienone is 4. The molecule has 0 spiro atoms. The number of halogens is 1. The quantitative estimate of drug-likeness (QED) is 0.0746. The van der Waals surface area contributed by atoms with E-state index in [-0.39, 0.29) is 37.9 Å². The molecule has 0 saturated heterocycles. The number of hydrogen-bond acceptors (Lipinski definition) is 17. The summed E-state index contributed by atoms with van der Waals surface area (Å²) in [5.74, 6) is -5.12. The predicted molar refractivity (Wildman–Crippen MR) is 155 cm³/mol. The minimum atomic E-state index is -2.56. The molecule has 0 radical (unpaired) electrons. The topological polar surface area (TPSA) is 276 Å². The van der Waals surface area contributed by atoms with Crippen LogP contribution in [0.2, 0.25) is 0 Å². The Balaban J connectivity index is 1.38. The van der Waals surface area contributed by atoms with Gasteiger partial charge in [0.25, 0.3) is 0 Å². The number of Topliss-reactive ketones (excluding diaryl/α,β-unsaturated/α-hetero) is 1. The lowest BCUT2D eigenvalue weighted by molar-refractivity contribution is -0.527. The number of ether oxygens (including phenoxy) is 1. The van der Waals surface area contributed by atoms with Crippen LogP contribution in [0.5, 0.6) is 0 Å². The highest BCUT2D eigenvalue weighted by Gasteiger charge is 2.76. The second-order valence-corrected chi connectivity index (χ2v) is 13.5. The highest BCUT2D eigenvalue weighted by Crippen LogP contribution is 2.69. The maximum absolute atomic E-state index is 17.3. The smallest absolute Gasteiger partial charge is 0.331 e. The number of fused-ring (bicyclic) bond motifs is 5. The van der Waals surface area contributed by atoms with E-state index in [2.05, 4.69) is 15.0 Å². The van der Waals surface area contributed by atoms with Gasteiger partial charge in [-0.2, -0.15) is 0 Å². The van der Waals surface area contributed by atoms with Gasteiger partial charge in [-0.05, 0) is 63.5 Å². The van der Waals surface area contributed by atoms with Crippen LogP contribution in [-0.2, 0) is 33.6 Å². The number of alkyl halides is 1. The van der Waals surface area contributed by atoms with Crippen LogP contribution in [-0.4, -0.2) is 131 Å². The molecule has 2 unspecified atom stereocenters. The Morgan fingerprint density at radius 2 is 1.80 bits per heavy atom. The zero-order valence-electron chi connectivity index (χ0n) is 27.0. The minimum absolute atomic E-state index is 0.0148. The third-order valence-corrected chi connectivity index (χ3v) is 11.0. The fourth-order valence-electron chi connectivity index (χ4n) is 8.46. The third kappa shape index (κ3) is 7.08. The first-order valence-electron chi connectivity index (χ1n) is 15.8. The Labute approximate surface area is 279 Å². The summed E-state index contributed by atoms with van der Waals surface area (Å²) < 4.78 is 22.3. The van der Waals surface area contributed by atoms with Crippen molar-refractivity contribution in [2.45, 2.75) is 94.4 Å². The molecule has 1 amide bonds. The van der Waals surface area contributed by atoms with Crippen molar-refractivity contribution < 1.29 is 79.2 Å². The highest BCUT2D eigenvalue weighted by molar-refractivity contribution is 6.01. The van der Waals surface area contributed by atoms with Gasteiger partial charge >= 0.3 is 5.97 Å². The van der Waals surface area contributed by atoms with E-state index in [0.717, 1.165) is 0 Å². The molecule has 10 atom stereocenters. The molecular formula is C30H44FN3O15. The maximum atomic E-state index is 17.3. The van der Waals surface area contributed by atoms with Crippen LogP contribution in [0.3, 0.4) is 0 Å². The summed E-state index contributed by atoms with van der Waals surface area (Å²) in [5.41, 5.74) is -7.17. The molecule has 19 heteroatoms. The molecule has 0 heterocycles. The van der Waals surface area contributed by atoms with Crippen LogP contribution in [0.25, 0.3) is 0 Å². The largest absolute Gasteiger partial charge is 0.456 e. The van der Waals surface area contributed by atoms with Crippen molar-refractivity contribution in [3.63, 3.8) is 0 Å². The zero-order chi connectivity index (χ0) is 36.5. The van der Waals surface area contributed by atoms with Crippen molar-refractivity contribution in [3.8, 4) is 0 Å². The number of esters is 1. The van der Waals surface area contributed by atoms with Gasteiger partial charge in [0, 0.05) is 23.2 Å². The number of carbonyl (C=O) groups excluding carboxylic acids is 4. The van der Waals surface area contributed by atoms with Crippen LogP contribution in [0, 0.1) is 22.7 Å². The number of nitrogens with zero attached hydrogens (tertiary/aromatic N) is 2. The molecule has 0 aromatic heterocycles. The summed E-state index contributed by atoms with van der Waals surface area (Å²) in [7, 11) is 0. The van der Waals surface area contributed by atoms with Gasteiger partial charge in [-0.25, -0.2) is 18.9 Å². The van der Waals surface area contributed by atoms with Crippen molar-refractivity contribution in [1.82, 2.24) is 16.1 Å². The molecule has 9 N–H and O–H groups in total. The molecule has 0 aromatic rings. The molecule has 276 valence electrons. The Bertz CT molecular complexity index is 1350. The average Bonchev–Trinajstić information content (AvgIpc) is 3.23. The van der Waals surface area contributed by atoms with Crippen LogP contribution in [0.15, 0.2) is 23.8 Å². The minimum Gasteiger partial charge on any atom is -0.456 e. The Morgan fingerprint density at radius 3 is 2.43 bits per heavy atom. The Hall–Kier alpha value is -2.79. The van der Waals surface area contributed by atoms with Gasteiger partial charge in [-0.3, -0.25) is 35.2 Å². The lowest BCUT2D eigenvalue weighted by atomic mass is 9.44. The monoisotopic (exact) mass is 705 g/mol. The standard InChI is InChI=1S/C30H44FN3O15/c1-27-9-8-17(36)10-16(27)6-7-19-20-11-22(37)30(42,28(20,2)12-23(38)29(19,27)31)24(39)15-47-26(41)21(13-35)32-25(40)5-3-4-18(49-34(45)46)14-48-33(43)44/h8-10,18-23,35,37-38,42-46H,3-7,11-15H2,1-2H3,(H,32,40)/t18?,19-,20-,21?,22+,23-,27-,28-,29-,30-/m0/s1. The molecule has 0 bridgehead atoms. The van der Waals surface area contributed by atoms with E-state index in [4.69, 9.17) is 25.6 Å². The van der Waals surface area contributed by atoms with Gasteiger partial charge in [0.2, 0.25) is 11.7 Å². The number of carbonyl (C=O) groups is 4.